The Morgan fingerprint density at radius 1 is 1.12 bits per heavy atom. The Hall–Kier alpha value is -2.47. The van der Waals surface area contributed by atoms with Crippen molar-refractivity contribution in [2.45, 2.75) is 6.92 Å². The van der Waals surface area contributed by atoms with Gasteiger partial charge in [-0.3, -0.25) is 4.79 Å². The monoisotopic (exact) mass is 386 g/mol. The highest BCUT2D eigenvalue weighted by Crippen LogP contribution is 2.33. The summed E-state index contributed by atoms with van der Waals surface area (Å²) in [7, 11) is 0. The second kappa shape index (κ2) is 5.87. The molecule has 1 aliphatic rings. The van der Waals surface area contributed by atoms with E-state index in [1.54, 1.807) is 18.2 Å². The van der Waals surface area contributed by atoms with Crippen LogP contribution in [0.4, 0.5) is 5.69 Å². The summed E-state index contributed by atoms with van der Waals surface area (Å²) >= 11 is 3.46. The van der Waals surface area contributed by atoms with Gasteiger partial charge >= 0.3 is 0 Å². The molecule has 1 aliphatic heterocycles. The molecule has 0 spiro atoms. The molecule has 4 rings (SSSR count). The highest BCUT2D eigenvalue weighted by Gasteiger charge is 2.17. The molecule has 3 aromatic rings. The standard InChI is InChI=1S/C18H15BrN2O3/c1-10-13-8-11(19)2-4-14(13)21-17(10)18(22)20-12-3-5-15-16(9-12)24-7-6-23-15/h2-5,8-9,21H,6-7H2,1H3,(H,20,22). The van der Waals surface area contributed by atoms with Gasteiger partial charge in [-0.25, -0.2) is 0 Å². The van der Waals surface area contributed by atoms with Gasteiger partial charge in [0, 0.05) is 27.1 Å². The third-order valence-electron chi connectivity index (χ3n) is 4.05. The number of ether oxygens (including phenoxy) is 2. The molecule has 2 N–H and O–H groups in total. The highest BCUT2D eigenvalue weighted by molar-refractivity contribution is 9.10. The van der Waals surface area contributed by atoms with Crippen molar-refractivity contribution in [3.05, 3.63) is 52.1 Å². The molecule has 0 bridgehead atoms. The summed E-state index contributed by atoms with van der Waals surface area (Å²) < 4.78 is 12.0. The van der Waals surface area contributed by atoms with Crippen molar-refractivity contribution in [3.63, 3.8) is 0 Å². The lowest BCUT2D eigenvalue weighted by Gasteiger charge is -2.19. The molecular formula is C18H15BrN2O3. The van der Waals surface area contributed by atoms with Crippen molar-refractivity contribution in [2.75, 3.05) is 18.5 Å². The van der Waals surface area contributed by atoms with Crippen LogP contribution in [0, 0.1) is 6.92 Å². The SMILES string of the molecule is Cc1c(C(=O)Nc2ccc3c(c2)OCCO3)[nH]c2ccc(Br)cc12. The van der Waals surface area contributed by atoms with Gasteiger partial charge < -0.3 is 19.8 Å². The summed E-state index contributed by atoms with van der Waals surface area (Å²) in [5.41, 5.74) is 3.07. The van der Waals surface area contributed by atoms with Crippen LogP contribution < -0.4 is 14.8 Å². The number of carbonyl (C=O) groups excluding carboxylic acids is 1. The first-order valence-corrected chi connectivity index (χ1v) is 8.40. The largest absolute Gasteiger partial charge is 0.486 e. The number of anilines is 1. The van der Waals surface area contributed by atoms with Crippen LogP contribution in [-0.2, 0) is 0 Å². The third kappa shape index (κ3) is 2.63. The van der Waals surface area contributed by atoms with Crippen LogP contribution in [0.1, 0.15) is 16.1 Å². The van der Waals surface area contributed by atoms with Crippen LogP contribution in [-0.4, -0.2) is 24.1 Å². The number of H-pyrrole nitrogens is 1. The van der Waals surface area contributed by atoms with Gasteiger partial charge in [-0.1, -0.05) is 15.9 Å². The molecule has 0 saturated carbocycles. The molecule has 6 heteroatoms. The minimum absolute atomic E-state index is 0.184. The zero-order valence-corrected chi connectivity index (χ0v) is 14.6. The van der Waals surface area contributed by atoms with E-state index in [4.69, 9.17) is 9.47 Å². The number of amides is 1. The number of aromatic amines is 1. The third-order valence-corrected chi connectivity index (χ3v) is 4.54. The molecule has 0 aliphatic carbocycles. The van der Waals surface area contributed by atoms with E-state index in [1.807, 2.05) is 25.1 Å². The Balaban J connectivity index is 1.63. The van der Waals surface area contributed by atoms with E-state index in [2.05, 4.69) is 26.2 Å². The number of fused-ring (bicyclic) bond motifs is 2. The van der Waals surface area contributed by atoms with Gasteiger partial charge in [0.2, 0.25) is 0 Å². The molecule has 0 atom stereocenters. The van der Waals surface area contributed by atoms with Crippen molar-refractivity contribution in [3.8, 4) is 11.5 Å². The van der Waals surface area contributed by atoms with E-state index in [9.17, 15) is 4.79 Å². The molecule has 2 heterocycles. The summed E-state index contributed by atoms with van der Waals surface area (Å²) in [5.74, 6) is 1.17. The van der Waals surface area contributed by atoms with Crippen LogP contribution in [0.15, 0.2) is 40.9 Å². The number of carbonyl (C=O) groups is 1. The van der Waals surface area contributed by atoms with E-state index < -0.39 is 0 Å². The van der Waals surface area contributed by atoms with Gasteiger partial charge in [-0.2, -0.15) is 0 Å². The Morgan fingerprint density at radius 3 is 2.75 bits per heavy atom. The van der Waals surface area contributed by atoms with Crippen LogP contribution in [0.2, 0.25) is 0 Å². The van der Waals surface area contributed by atoms with E-state index in [0.717, 1.165) is 20.9 Å². The van der Waals surface area contributed by atoms with Gasteiger partial charge in [0.1, 0.15) is 18.9 Å². The predicted molar refractivity (Wildman–Crippen MR) is 96.1 cm³/mol. The second-order valence-electron chi connectivity index (χ2n) is 5.63. The quantitative estimate of drug-likeness (QED) is 0.691. The molecule has 0 saturated heterocycles. The molecule has 2 aromatic carbocycles. The van der Waals surface area contributed by atoms with Crippen molar-refractivity contribution in [2.24, 2.45) is 0 Å². The predicted octanol–water partition coefficient (Wildman–Crippen LogP) is 4.26. The molecule has 0 fully saturated rings. The van der Waals surface area contributed by atoms with Crippen LogP contribution in [0.5, 0.6) is 11.5 Å². The summed E-state index contributed by atoms with van der Waals surface area (Å²) in [6.45, 7) is 2.99. The molecule has 122 valence electrons. The maximum Gasteiger partial charge on any atom is 0.272 e. The van der Waals surface area contributed by atoms with Crippen molar-refractivity contribution in [1.82, 2.24) is 4.98 Å². The van der Waals surface area contributed by atoms with Crippen molar-refractivity contribution < 1.29 is 14.3 Å². The van der Waals surface area contributed by atoms with Gasteiger partial charge in [0.15, 0.2) is 11.5 Å². The first-order valence-electron chi connectivity index (χ1n) is 7.60. The molecule has 0 radical (unpaired) electrons. The van der Waals surface area contributed by atoms with Crippen LogP contribution in [0.25, 0.3) is 10.9 Å². The zero-order valence-electron chi connectivity index (χ0n) is 13.0. The van der Waals surface area contributed by atoms with Gasteiger partial charge in [-0.15, -0.1) is 0 Å². The Bertz CT molecular complexity index is 949. The average Bonchev–Trinajstić information content (AvgIpc) is 2.91. The summed E-state index contributed by atoms with van der Waals surface area (Å²) in [6.07, 6.45) is 0. The maximum absolute atomic E-state index is 12.6. The van der Waals surface area contributed by atoms with Gasteiger partial charge in [0.05, 0.1) is 0 Å². The zero-order chi connectivity index (χ0) is 16.7. The number of aromatic nitrogens is 1. The topological polar surface area (TPSA) is 63.4 Å². The number of benzene rings is 2. The number of aryl methyl sites for hydroxylation is 1. The van der Waals surface area contributed by atoms with E-state index >= 15 is 0 Å². The molecule has 1 amide bonds. The molecule has 1 aromatic heterocycles. The first-order chi connectivity index (χ1) is 11.6. The Labute approximate surface area is 147 Å². The number of nitrogens with one attached hydrogen (secondary N) is 2. The van der Waals surface area contributed by atoms with Crippen molar-refractivity contribution >= 4 is 38.4 Å². The fourth-order valence-electron chi connectivity index (χ4n) is 2.84. The lowest BCUT2D eigenvalue weighted by Crippen LogP contribution is -2.17. The normalized spacial score (nSPS) is 13.1. The molecule has 0 unspecified atom stereocenters. The fourth-order valence-corrected chi connectivity index (χ4v) is 3.20. The lowest BCUT2D eigenvalue weighted by molar-refractivity contribution is 0.102. The lowest BCUT2D eigenvalue weighted by atomic mass is 10.1. The highest BCUT2D eigenvalue weighted by atomic mass is 79.9. The maximum atomic E-state index is 12.6. The Kier molecular flexibility index (Phi) is 3.69. The smallest absolute Gasteiger partial charge is 0.272 e. The first kappa shape index (κ1) is 15.1. The summed E-state index contributed by atoms with van der Waals surface area (Å²) in [6, 6.07) is 11.3. The fraction of sp³-hybridized carbons (Fsp3) is 0.167. The van der Waals surface area contributed by atoms with E-state index in [1.165, 1.54) is 0 Å². The van der Waals surface area contributed by atoms with E-state index in [-0.39, 0.29) is 5.91 Å². The minimum atomic E-state index is -0.184. The number of halogens is 1. The molecule has 24 heavy (non-hydrogen) atoms. The number of hydrogen-bond donors (Lipinski definition) is 2. The summed E-state index contributed by atoms with van der Waals surface area (Å²) in [5, 5.41) is 3.93. The number of hydrogen-bond acceptors (Lipinski definition) is 3. The van der Waals surface area contributed by atoms with Crippen molar-refractivity contribution in [1.29, 1.82) is 0 Å². The molecular weight excluding hydrogens is 372 g/mol. The second-order valence-corrected chi connectivity index (χ2v) is 6.54. The van der Waals surface area contributed by atoms with Gasteiger partial charge in [0.25, 0.3) is 5.91 Å². The number of rotatable bonds is 2. The average molecular weight is 387 g/mol. The van der Waals surface area contributed by atoms with Gasteiger partial charge in [-0.05, 0) is 42.8 Å². The summed E-state index contributed by atoms with van der Waals surface area (Å²) in [4.78, 5) is 15.8. The van der Waals surface area contributed by atoms with E-state index in [0.29, 0.717) is 36.1 Å². The molecule has 5 nitrogen and oxygen atoms in total. The van der Waals surface area contributed by atoms with Crippen LogP contribution in [0.3, 0.4) is 0 Å². The minimum Gasteiger partial charge on any atom is -0.486 e. The Morgan fingerprint density at radius 2 is 1.92 bits per heavy atom. The van der Waals surface area contributed by atoms with Crippen LogP contribution >= 0.6 is 15.9 Å².